The van der Waals surface area contributed by atoms with Crippen LogP contribution in [0.2, 0.25) is 0 Å². The first-order valence-corrected chi connectivity index (χ1v) is 17.2. The Hall–Kier alpha value is -1.54. The summed E-state index contributed by atoms with van der Waals surface area (Å²) in [5.41, 5.74) is -0.712. The lowest BCUT2D eigenvalue weighted by Gasteiger charge is -2.38. The summed E-state index contributed by atoms with van der Waals surface area (Å²) >= 11 is 1.12. The van der Waals surface area contributed by atoms with Gasteiger partial charge in [-0.05, 0) is 38.3 Å². The summed E-state index contributed by atoms with van der Waals surface area (Å²) in [6.07, 6.45) is 2.91. The first kappa shape index (κ1) is 33.7. The molecule has 0 aromatic carbocycles. The number of nitrogens with zero attached hydrogens (tertiary/aromatic N) is 3. The van der Waals surface area contributed by atoms with Gasteiger partial charge in [0.1, 0.15) is 16.7 Å². The second-order valence-electron chi connectivity index (χ2n) is 10.6. The molecule has 2 amide bonds. The van der Waals surface area contributed by atoms with Gasteiger partial charge in [-0.25, -0.2) is 9.18 Å². The largest absolute Gasteiger partial charge is 0.455 e. The van der Waals surface area contributed by atoms with E-state index in [2.05, 4.69) is 10.3 Å². The van der Waals surface area contributed by atoms with Crippen molar-refractivity contribution in [3.05, 3.63) is 16.1 Å². The van der Waals surface area contributed by atoms with Crippen molar-refractivity contribution in [1.82, 2.24) is 20.1 Å². The van der Waals surface area contributed by atoms with E-state index in [-0.39, 0.29) is 47.8 Å². The summed E-state index contributed by atoms with van der Waals surface area (Å²) in [7, 11) is 3.09. The predicted molar refractivity (Wildman–Crippen MR) is 156 cm³/mol. The molecule has 2 unspecified atom stereocenters. The van der Waals surface area contributed by atoms with E-state index < -0.39 is 31.6 Å². The van der Waals surface area contributed by atoms with Crippen molar-refractivity contribution in [2.24, 2.45) is 11.8 Å². The van der Waals surface area contributed by atoms with Crippen LogP contribution in [-0.2, 0) is 19.1 Å². The number of rotatable bonds is 13. The normalized spacial score (nSPS) is 20.0. The van der Waals surface area contributed by atoms with E-state index in [9.17, 15) is 23.4 Å². The maximum atomic E-state index is 13.9. The average Bonchev–Trinajstić information content (AvgIpc) is 3.37. The zero-order valence-electron chi connectivity index (χ0n) is 24.0. The molecular formula is C26H43FN4O5P2S. The van der Waals surface area contributed by atoms with Gasteiger partial charge in [-0.15, -0.1) is 11.3 Å². The smallest absolute Gasteiger partial charge is 0.303 e. The molecule has 9 nitrogen and oxygen atoms in total. The number of thiazole rings is 1. The number of carbonyl (C=O) groups is 4. The Kier molecular flexibility index (Phi) is 13.3. The monoisotopic (exact) mass is 604 g/mol. The number of piperidine rings is 1. The van der Waals surface area contributed by atoms with Crippen LogP contribution in [0.25, 0.3) is 0 Å². The van der Waals surface area contributed by atoms with Gasteiger partial charge >= 0.3 is 5.97 Å². The topological polar surface area (TPSA) is 109 Å². The predicted octanol–water partition coefficient (Wildman–Crippen LogP) is 4.93. The molecule has 2 heterocycles. The Balaban J connectivity index is 2.29. The van der Waals surface area contributed by atoms with E-state index in [1.807, 2.05) is 48.6 Å². The molecule has 7 atom stereocenters. The lowest BCUT2D eigenvalue weighted by molar-refractivity contribution is -0.149. The van der Waals surface area contributed by atoms with Crippen LogP contribution in [0.4, 0.5) is 4.20 Å². The van der Waals surface area contributed by atoms with Crippen molar-refractivity contribution in [2.75, 3.05) is 20.6 Å². The first-order chi connectivity index (χ1) is 18.3. The number of hydrogen-bond acceptors (Lipinski definition) is 8. The highest BCUT2D eigenvalue weighted by Gasteiger charge is 2.37. The minimum Gasteiger partial charge on any atom is -0.455 e. The van der Waals surface area contributed by atoms with Crippen molar-refractivity contribution < 1.29 is 28.1 Å². The van der Waals surface area contributed by atoms with Crippen LogP contribution >= 0.6 is 28.2 Å². The summed E-state index contributed by atoms with van der Waals surface area (Å²) in [5.74, 6) is -0.992. The number of halogens is 1. The Bertz CT molecular complexity index is 1010. The van der Waals surface area contributed by atoms with Crippen molar-refractivity contribution >= 4 is 51.5 Å². The summed E-state index contributed by atoms with van der Waals surface area (Å²) in [5, 5.41) is 4.88. The molecule has 1 aromatic rings. The second-order valence-corrected chi connectivity index (χ2v) is 13.9. The number of carbonyl (C=O) groups excluding carboxylic acids is 4. The van der Waals surface area contributed by atoms with Gasteiger partial charge < -0.3 is 15.0 Å². The molecule has 2 rings (SSSR count). The van der Waals surface area contributed by atoms with Gasteiger partial charge in [0, 0.05) is 31.8 Å². The molecule has 1 N–H and O–H groups in total. The van der Waals surface area contributed by atoms with E-state index in [0.717, 1.165) is 37.1 Å². The van der Waals surface area contributed by atoms with E-state index in [1.165, 1.54) is 12.3 Å². The van der Waals surface area contributed by atoms with Crippen LogP contribution in [0.1, 0.15) is 88.3 Å². The minimum absolute atomic E-state index is 0.00600. The molecule has 1 aliphatic rings. The number of esters is 1. The van der Waals surface area contributed by atoms with Crippen molar-refractivity contribution in [2.45, 2.75) is 91.0 Å². The molecule has 0 spiro atoms. The second kappa shape index (κ2) is 15.5. The number of aromatic nitrogens is 1. The van der Waals surface area contributed by atoms with Crippen molar-refractivity contribution in [3.63, 3.8) is 0 Å². The summed E-state index contributed by atoms with van der Waals surface area (Å²) < 4.78 is 19.2. The Morgan fingerprint density at radius 3 is 2.51 bits per heavy atom. The van der Waals surface area contributed by atoms with E-state index in [0.29, 0.717) is 11.4 Å². The lowest BCUT2D eigenvalue weighted by Crippen LogP contribution is -2.58. The van der Waals surface area contributed by atoms with Gasteiger partial charge in [0.05, 0.1) is 6.04 Å². The third-order valence-corrected chi connectivity index (χ3v) is 9.70. The van der Waals surface area contributed by atoms with Crippen LogP contribution < -0.4 is 5.32 Å². The first-order valence-electron chi connectivity index (χ1n) is 13.4. The van der Waals surface area contributed by atoms with E-state index in [1.54, 1.807) is 11.9 Å². The van der Waals surface area contributed by atoms with Crippen LogP contribution in [0.3, 0.4) is 0 Å². The fourth-order valence-electron chi connectivity index (χ4n) is 4.86. The van der Waals surface area contributed by atoms with Crippen molar-refractivity contribution in [1.29, 1.82) is 0 Å². The molecule has 0 radical (unpaired) electrons. The number of hydrogen-bond donors (Lipinski definition) is 1. The summed E-state index contributed by atoms with van der Waals surface area (Å²) in [6, 6.07) is -1.33. The highest BCUT2D eigenvalue weighted by molar-refractivity contribution is 8.19. The molecule has 39 heavy (non-hydrogen) atoms. The Morgan fingerprint density at radius 1 is 1.31 bits per heavy atom. The molecule has 1 aromatic heterocycles. The van der Waals surface area contributed by atoms with Crippen LogP contribution in [0.15, 0.2) is 5.38 Å². The molecule has 1 aliphatic heterocycles. The number of likely N-dealkylation sites (N-methyl/N-ethyl adjacent to an activating group) is 2. The number of nitrogens with one attached hydrogen (secondary N) is 1. The van der Waals surface area contributed by atoms with Gasteiger partial charge in [0.25, 0.3) is 0 Å². The lowest BCUT2D eigenvalue weighted by atomic mass is 9.92. The Morgan fingerprint density at radius 2 is 1.97 bits per heavy atom. The van der Waals surface area contributed by atoms with E-state index in [4.69, 9.17) is 4.74 Å². The average molecular weight is 605 g/mol. The minimum atomic E-state index is -2.41. The standard InChI is InChI=1S/C26H43FN4O5P2S/c1-8-16(4)22(29-23(33)19-11-9-10-12-30(19)6)25(34)31(7)20(15(2)3)13-21(36-17(5)32)24-28-18(14-39-24)26(35)38(27)37/h14-16,19-22H,8-13,37H2,1-7H3,(H,29,33)/t16-,19+,20+,21+,22-,38?/m0/s1. The molecular weight excluding hydrogens is 561 g/mol. The third-order valence-electron chi connectivity index (χ3n) is 7.44. The van der Waals surface area contributed by atoms with Crippen LogP contribution in [0.5, 0.6) is 0 Å². The van der Waals surface area contributed by atoms with Crippen LogP contribution in [-0.4, -0.2) is 76.9 Å². The van der Waals surface area contributed by atoms with Gasteiger partial charge in [0.2, 0.25) is 17.3 Å². The van der Waals surface area contributed by atoms with Gasteiger partial charge in [0.15, 0.2) is 14.0 Å². The summed E-state index contributed by atoms with van der Waals surface area (Å²) in [4.78, 5) is 59.1. The quantitative estimate of drug-likeness (QED) is 0.251. The number of ether oxygens (including phenoxy) is 1. The Labute approximate surface area is 239 Å². The highest BCUT2D eigenvalue weighted by atomic mass is 32.1. The fourth-order valence-corrected chi connectivity index (χ4v) is 6.52. The molecule has 1 saturated heterocycles. The van der Waals surface area contributed by atoms with Gasteiger partial charge in [-0.3, -0.25) is 24.1 Å². The molecule has 0 bridgehead atoms. The SMILES string of the molecule is CC[C@H](C)[C@H](NC(=O)[C@H]1CCCCN1C)C(=O)N(C)[C@H](C[C@@H](OC(C)=O)c1nc(C(=O)P(F)P)cs1)C(C)C. The zero-order valence-corrected chi connectivity index (χ0v) is 26.8. The number of likely N-dealkylation sites (tertiary alicyclic amines) is 1. The molecule has 220 valence electrons. The van der Waals surface area contributed by atoms with Crippen molar-refractivity contribution in [3.8, 4) is 0 Å². The molecule has 0 aliphatic carbocycles. The highest BCUT2D eigenvalue weighted by Crippen LogP contribution is 2.49. The van der Waals surface area contributed by atoms with E-state index >= 15 is 0 Å². The van der Waals surface area contributed by atoms with Crippen LogP contribution in [0, 0.1) is 11.8 Å². The third kappa shape index (κ3) is 9.24. The molecule has 0 saturated carbocycles. The maximum Gasteiger partial charge on any atom is 0.303 e. The van der Waals surface area contributed by atoms with Gasteiger partial charge in [-0.2, -0.15) is 0 Å². The number of amides is 2. The maximum absolute atomic E-state index is 13.9. The van der Waals surface area contributed by atoms with Gasteiger partial charge in [-0.1, -0.05) is 49.5 Å². The fraction of sp³-hybridized carbons (Fsp3) is 0.731. The summed E-state index contributed by atoms with van der Waals surface area (Å²) in [6.45, 7) is 10.0. The molecule has 1 fully saturated rings. The molecule has 13 heteroatoms. The zero-order chi connectivity index (χ0) is 29.4.